The van der Waals surface area contributed by atoms with Crippen LogP contribution >= 0.6 is 0 Å². The summed E-state index contributed by atoms with van der Waals surface area (Å²) in [5, 5.41) is 10.8. The van der Waals surface area contributed by atoms with E-state index in [4.69, 9.17) is 5.11 Å². The minimum Gasteiger partial charge on any atom is -0.464 e. The first kappa shape index (κ1) is 15.8. The van der Waals surface area contributed by atoms with Crippen molar-refractivity contribution in [3.63, 3.8) is 0 Å². The summed E-state index contributed by atoms with van der Waals surface area (Å²) in [5.41, 5.74) is 0.754. The molecular formula is C12H13N3O6S. The van der Waals surface area contributed by atoms with Gasteiger partial charge in [0.2, 0.25) is 5.91 Å². The lowest BCUT2D eigenvalue weighted by atomic mass is 10.1. The summed E-state index contributed by atoms with van der Waals surface area (Å²) < 4.78 is 24.5. The first-order valence-electron chi connectivity index (χ1n) is 6.20. The molecule has 0 bridgehead atoms. The molecule has 1 heterocycles. The van der Waals surface area contributed by atoms with Gasteiger partial charge in [-0.1, -0.05) is 30.3 Å². The molecule has 3 amide bonds. The van der Waals surface area contributed by atoms with Crippen LogP contribution in [0.15, 0.2) is 30.3 Å². The molecular weight excluding hydrogens is 314 g/mol. The Bertz CT molecular complexity index is 703. The third-order valence-electron chi connectivity index (χ3n) is 2.94. The molecule has 118 valence electrons. The van der Waals surface area contributed by atoms with E-state index in [1.807, 2.05) is 0 Å². The van der Waals surface area contributed by atoms with E-state index >= 15 is 0 Å². The molecule has 0 radical (unpaired) electrons. The van der Waals surface area contributed by atoms with E-state index in [1.54, 1.807) is 30.3 Å². The summed E-state index contributed by atoms with van der Waals surface area (Å²) in [4.78, 5) is 33.8. The van der Waals surface area contributed by atoms with E-state index in [9.17, 15) is 22.8 Å². The number of β-lactam (4-membered cyclic amide) rings is 1. The zero-order valence-electron chi connectivity index (χ0n) is 11.2. The van der Waals surface area contributed by atoms with E-state index in [0.29, 0.717) is 4.31 Å². The summed E-state index contributed by atoms with van der Waals surface area (Å²) in [6, 6.07) is 7.86. The SMILES string of the molecule is O=C(O)NS(=O)(=O)N1C[C@H](NC(=O)Cc2ccccc2)C1=O. The largest absolute Gasteiger partial charge is 0.464 e. The van der Waals surface area contributed by atoms with E-state index in [2.05, 4.69) is 5.32 Å². The highest BCUT2D eigenvalue weighted by Gasteiger charge is 2.45. The molecule has 1 saturated heterocycles. The maximum Gasteiger partial charge on any atom is 0.419 e. The Morgan fingerprint density at radius 2 is 1.91 bits per heavy atom. The van der Waals surface area contributed by atoms with Gasteiger partial charge in [-0.3, -0.25) is 9.59 Å². The third-order valence-corrected chi connectivity index (χ3v) is 4.28. The molecule has 2 rings (SSSR count). The number of hydrogen-bond acceptors (Lipinski definition) is 5. The Morgan fingerprint density at radius 3 is 2.45 bits per heavy atom. The number of nitrogens with zero attached hydrogens (tertiary/aromatic N) is 1. The van der Waals surface area contributed by atoms with Gasteiger partial charge in [-0.25, -0.2) is 13.8 Å². The topological polar surface area (TPSA) is 133 Å². The van der Waals surface area contributed by atoms with E-state index in [-0.39, 0.29) is 13.0 Å². The van der Waals surface area contributed by atoms with Gasteiger partial charge in [-0.2, -0.15) is 8.42 Å². The Kier molecular flexibility index (Phi) is 4.31. The van der Waals surface area contributed by atoms with Crippen molar-refractivity contribution in [2.24, 2.45) is 0 Å². The van der Waals surface area contributed by atoms with Crippen LogP contribution in [0.3, 0.4) is 0 Å². The summed E-state index contributed by atoms with van der Waals surface area (Å²) in [7, 11) is -4.42. The van der Waals surface area contributed by atoms with Crippen molar-refractivity contribution in [1.29, 1.82) is 0 Å². The normalized spacial score (nSPS) is 17.5. The molecule has 0 saturated carbocycles. The average Bonchev–Trinajstić information content (AvgIpc) is 2.42. The van der Waals surface area contributed by atoms with Crippen LogP contribution in [0.2, 0.25) is 0 Å². The van der Waals surface area contributed by atoms with Crippen molar-refractivity contribution in [1.82, 2.24) is 14.3 Å². The fourth-order valence-corrected chi connectivity index (χ4v) is 2.95. The number of hydrogen-bond donors (Lipinski definition) is 3. The minimum absolute atomic E-state index is 0.0603. The average molecular weight is 327 g/mol. The molecule has 1 atom stereocenters. The maximum atomic E-state index is 11.8. The van der Waals surface area contributed by atoms with Gasteiger partial charge in [-0.15, -0.1) is 0 Å². The molecule has 9 nitrogen and oxygen atoms in total. The molecule has 22 heavy (non-hydrogen) atoms. The predicted molar refractivity (Wildman–Crippen MR) is 73.9 cm³/mol. The predicted octanol–water partition coefficient (Wildman–Crippen LogP) is -0.931. The van der Waals surface area contributed by atoms with Crippen molar-refractivity contribution < 1.29 is 27.9 Å². The Hall–Kier alpha value is -2.62. The fourth-order valence-electron chi connectivity index (χ4n) is 1.91. The number of rotatable bonds is 5. The second kappa shape index (κ2) is 6.02. The Balaban J connectivity index is 1.88. The highest BCUT2D eigenvalue weighted by Crippen LogP contribution is 2.14. The minimum atomic E-state index is -4.42. The quantitative estimate of drug-likeness (QED) is 0.598. The first-order valence-corrected chi connectivity index (χ1v) is 7.64. The Morgan fingerprint density at radius 1 is 1.27 bits per heavy atom. The standard InChI is InChI=1S/C12H13N3O6S/c16-10(6-8-4-2-1-3-5-8)13-9-7-15(11(9)17)22(20,21)14-12(18)19/h1-5,9,14H,6-7H2,(H,13,16)(H,18,19)/t9-/m0/s1. The summed E-state index contributed by atoms with van der Waals surface area (Å²) in [5.74, 6) is -1.30. The molecule has 0 aromatic heterocycles. The summed E-state index contributed by atoms with van der Waals surface area (Å²) >= 11 is 0. The van der Waals surface area contributed by atoms with Crippen molar-refractivity contribution >= 4 is 28.1 Å². The molecule has 1 aliphatic rings. The van der Waals surface area contributed by atoms with Gasteiger partial charge < -0.3 is 10.4 Å². The van der Waals surface area contributed by atoms with Crippen LogP contribution in [0.1, 0.15) is 5.56 Å². The number of amides is 3. The number of nitrogens with one attached hydrogen (secondary N) is 2. The van der Waals surface area contributed by atoms with Crippen LogP contribution in [-0.4, -0.2) is 48.3 Å². The second-order valence-electron chi connectivity index (χ2n) is 4.56. The zero-order valence-corrected chi connectivity index (χ0v) is 12.0. The smallest absolute Gasteiger partial charge is 0.419 e. The lowest BCUT2D eigenvalue weighted by Gasteiger charge is -2.36. The molecule has 0 aliphatic carbocycles. The van der Waals surface area contributed by atoms with Crippen molar-refractivity contribution in [2.45, 2.75) is 12.5 Å². The first-order chi connectivity index (χ1) is 10.3. The van der Waals surface area contributed by atoms with Gasteiger partial charge in [0.05, 0.1) is 13.0 Å². The number of carbonyl (C=O) groups is 3. The van der Waals surface area contributed by atoms with Crippen LogP contribution in [0.5, 0.6) is 0 Å². The zero-order chi connectivity index (χ0) is 16.3. The highest BCUT2D eigenvalue weighted by atomic mass is 32.2. The van der Waals surface area contributed by atoms with Crippen molar-refractivity contribution in [3.8, 4) is 0 Å². The van der Waals surface area contributed by atoms with Crippen LogP contribution in [0, 0.1) is 0 Å². The number of carbonyl (C=O) groups excluding carboxylic acids is 2. The summed E-state index contributed by atoms with van der Waals surface area (Å²) in [6.45, 7) is -0.304. The molecule has 0 spiro atoms. The van der Waals surface area contributed by atoms with Crippen LogP contribution < -0.4 is 10.0 Å². The monoisotopic (exact) mass is 327 g/mol. The lowest BCUT2D eigenvalue weighted by Crippen LogP contribution is -2.67. The van der Waals surface area contributed by atoms with Gasteiger partial charge in [0.15, 0.2) is 0 Å². The van der Waals surface area contributed by atoms with Crippen LogP contribution in [-0.2, 0) is 26.2 Å². The molecule has 10 heteroatoms. The number of carboxylic acid groups (broad SMARTS) is 1. The number of benzene rings is 1. The van der Waals surface area contributed by atoms with E-state index in [0.717, 1.165) is 5.56 Å². The molecule has 1 aromatic carbocycles. The molecule has 3 N–H and O–H groups in total. The lowest BCUT2D eigenvalue weighted by molar-refractivity contribution is -0.140. The molecule has 1 aliphatic heterocycles. The van der Waals surface area contributed by atoms with E-state index < -0.39 is 34.2 Å². The summed E-state index contributed by atoms with van der Waals surface area (Å²) in [6.07, 6.45) is -1.73. The van der Waals surface area contributed by atoms with Crippen molar-refractivity contribution in [3.05, 3.63) is 35.9 Å². The molecule has 1 aromatic rings. The Labute approximate surface area is 126 Å². The second-order valence-corrected chi connectivity index (χ2v) is 6.16. The van der Waals surface area contributed by atoms with Gasteiger partial charge in [0.1, 0.15) is 6.04 Å². The van der Waals surface area contributed by atoms with E-state index in [1.165, 1.54) is 4.72 Å². The molecule has 1 fully saturated rings. The van der Waals surface area contributed by atoms with Gasteiger partial charge in [-0.05, 0) is 5.56 Å². The fraction of sp³-hybridized carbons (Fsp3) is 0.250. The van der Waals surface area contributed by atoms with Crippen molar-refractivity contribution in [2.75, 3.05) is 6.54 Å². The highest BCUT2D eigenvalue weighted by molar-refractivity contribution is 7.88. The third kappa shape index (κ3) is 3.52. The van der Waals surface area contributed by atoms with Gasteiger partial charge in [0, 0.05) is 0 Å². The maximum absolute atomic E-state index is 11.8. The van der Waals surface area contributed by atoms with Crippen LogP contribution in [0.4, 0.5) is 4.79 Å². The van der Waals surface area contributed by atoms with Crippen LogP contribution in [0.25, 0.3) is 0 Å². The van der Waals surface area contributed by atoms with Gasteiger partial charge in [0.25, 0.3) is 5.91 Å². The molecule has 0 unspecified atom stereocenters. The van der Waals surface area contributed by atoms with Gasteiger partial charge >= 0.3 is 16.3 Å².